The molecule has 0 atom stereocenters. The van der Waals surface area contributed by atoms with Gasteiger partial charge in [-0.05, 0) is 58.1 Å². The van der Waals surface area contributed by atoms with Gasteiger partial charge in [-0.25, -0.2) is 15.0 Å². The molecule has 0 aliphatic heterocycles. The van der Waals surface area contributed by atoms with E-state index < -0.39 is 0 Å². The van der Waals surface area contributed by atoms with Gasteiger partial charge in [0.15, 0.2) is 17.5 Å². The van der Waals surface area contributed by atoms with Gasteiger partial charge in [0.05, 0.1) is 22.7 Å². The number of hydrogen-bond acceptors (Lipinski definition) is 4. The SMILES string of the molecule is CC1(C)c2ccccc2-c2c1ccc1c3ccccc3n(-c3cc(-c4nc(-c5ccccc5)nc(-c5ccccc5)n4)cc(-c4ccccc4C#N)c3)c21. The van der Waals surface area contributed by atoms with Crippen LogP contribution in [0, 0.1) is 11.3 Å². The molecule has 0 radical (unpaired) electrons. The van der Waals surface area contributed by atoms with Crippen molar-refractivity contribution in [2.24, 2.45) is 0 Å². The number of hydrogen-bond donors (Lipinski definition) is 0. The summed E-state index contributed by atoms with van der Waals surface area (Å²) in [7, 11) is 0. The second-order valence-corrected chi connectivity index (χ2v) is 14.4. The van der Waals surface area contributed by atoms with Gasteiger partial charge >= 0.3 is 0 Å². The molecule has 254 valence electrons. The lowest BCUT2D eigenvalue weighted by molar-refractivity contribution is 0.661. The van der Waals surface area contributed by atoms with E-state index in [0.29, 0.717) is 23.0 Å². The maximum absolute atomic E-state index is 10.3. The standard InChI is InChI=1S/C49H33N5/c1-49(2)41-23-13-11-22-40(41)44-42(49)26-25-39-38-21-12-14-24-43(38)54(45(39)44)36-28-34(37-20-10-9-19-33(37)30-50)27-35(29-36)48-52-46(31-15-5-3-6-16-31)51-47(53-48)32-17-7-4-8-18-32/h3-29H,1-2H3. The molecule has 5 nitrogen and oxygen atoms in total. The van der Waals surface area contributed by atoms with Crippen LogP contribution in [0.15, 0.2) is 164 Å². The van der Waals surface area contributed by atoms with Crippen molar-refractivity contribution in [2.45, 2.75) is 19.3 Å². The summed E-state index contributed by atoms with van der Waals surface area (Å²) in [5.74, 6) is 1.74. The number of nitrogens with zero attached hydrogens (tertiary/aromatic N) is 5. The molecule has 0 bridgehead atoms. The second kappa shape index (κ2) is 12.2. The summed E-state index contributed by atoms with van der Waals surface area (Å²) in [6.07, 6.45) is 0. The highest BCUT2D eigenvalue weighted by atomic mass is 15.0. The summed E-state index contributed by atoms with van der Waals surface area (Å²) in [6.45, 7) is 4.65. The fourth-order valence-corrected chi connectivity index (χ4v) is 8.31. The van der Waals surface area contributed by atoms with Gasteiger partial charge in [-0.2, -0.15) is 5.26 Å². The Hall–Kier alpha value is -7.16. The maximum atomic E-state index is 10.3. The molecule has 2 aromatic heterocycles. The van der Waals surface area contributed by atoms with Crippen molar-refractivity contribution in [2.75, 3.05) is 0 Å². The average molecular weight is 692 g/mol. The topological polar surface area (TPSA) is 67.4 Å². The lowest BCUT2D eigenvalue weighted by Gasteiger charge is -2.21. The summed E-state index contributed by atoms with van der Waals surface area (Å²) in [5, 5.41) is 12.7. The summed E-state index contributed by atoms with van der Waals surface area (Å²) in [5.41, 5.74) is 13.2. The van der Waals surface area contributed by atoms with Gasteiger partial charge in [0.25, 0.3) is 0 Å². The fraction of sp³-hybridized carbons (Fsp3) is 0.0612. The molecule has 0 unspecified atom stereocenters. The minimum absolute atomic E-state index is 0.160. The largest absolute Gasteiger partial charge is 0.309 e. The zero-order valence-electron chi connectivity index (χ0n) is 29.8. The molecule has 0 N–H and O–H groups in total. The molecule has 0 saturated carbocycles. The highest BCUT2D eigenvalue weighted by Gasteiger charge is 2.37. The predicted molar refractivity (Wildman–Crippen MR) is 218 cm³/mol. The Morgan fingerprint density at radius 1 is 0.500 bits per heavy atom. The van der Waals surface area contributed by atoms with Gasteiger partial charge in [0.2, 0.25) is 0 Å². The molecule has 0 spiro atoms. The fourth-order valence-electron chi connectivity index (χ4n) is 8.31. The zero-order chi connectivity index (χ0) is 36.4. The molecule has 0 saturated heterocycles. The van der Waals surface area contributed by atoms with Gasteiger partial charge in [0, 0.05) is 44.1 Å². The van der Waals surface area contributed by atoms with Gasteiger partial charge < -0.3 is 4.57 Å². The van der Waals surface area contributed by atoms with Gasteiger partial charge in [-0.15, -0.1) is 0 Å². The Morgan fingerprint density at radius 2 is 1.07 bits per heavy atom. The van der Waals surface area contributed by atoms with Gasteiger partial charge in [0.1, 0.15) is 0 Å². The van der Waals surface area contributed by atoms with E-state index in [0.717, 1.165) is 44.5 Å². The first kappa shape index (κ1) is 31.6. The Balaban J connectivity index is 1.32. The Morgan fingerprint density at radius 3 is 1.78 bits per heavy atom. The molecule has 54 heavy (non-hydrogen) atoms. The van der Waals surface area contributed by atoms with E-state index >= 15 is 0 Å². The normalized spacial score (nSPS) is 12.8. The molecular formula is C49H33N5. The summed E-state index contributed by atoms with van der Waals surface area (Å²) in [4.78, 5) is 15.2. The number of benzene rings is 7. The van der Waals surface area contributed by atoms with Crippen LogP contribution in [0.5, 0.6) is 0 Å². The monoisotopic (exact) mass is 691 g/mol. The smallest absolute Gasteiger partial charge is 0.164 e. The first-order valence-electron chi connectivity index (χ1n) is 18.2. The van der Waals surface area contributed by atoms with E-state index in [1.807, 2.05) is 84.9 Å². The summed E-state index contributed by atoms with van der Waals surface area (Å²) < 4.78 is 2.40. The van der Waals surface area contributed by atoms with Gasteiger partial charge in [-0.1, -0.05) is 147 Å². The van der Waals surface area contributed by atoms with Crippen LogP contribution in [-0.4, -0.2) is 19.5 Å². The van der Waals surface area contributed by atoms with E-state index in [1.165, 1.54) is 33.0 Å². The van der Waals surface area contributed by atoms with E-state index in [1.54, 1.807) is 0 Å². The minimum atomic E-state index is -0.160. The molecule has 10 rings (SSSR count). The van der Waals surface area contributed by atoms with E-state index in [2.05, 4.69) is 103 Å². The third-order valence-electron chi connectivity index (χ3n) is 10.9. The highest BCUT2D eigenvalue weighted by Crippen LogP contribution is 2.53. The van der Waals surface area contributed by atoms with Crippen molar-refractivity contribution < 1.29 is 0 Å². The van der Waals surface area contributed by atoms with Crippen LogP contribution in [0.3, 0.4) is 0 Å². The first-order chi connectivity index (χ1) is 26.5. The molecule has 1 aliphatic rings. The quantitative estimate of drug-likeness (QED) is 0.180. The lowest BCUT2D eigenvalue weighted by atomic mass is 9.82. The average Bonchev–Trinajstić information content (AvgIpc) is 3.69. The third kappa shape index (κ3) is 4.88. The van der Waals surface area contributed by atoms with E-state index in [-0.39, 0.29) is 5.41 Å². The summed E-state index contributed by atoms with van der Waals surface area (Å²) >= 11 is 0. The molecule has 5 heteroatoms. The Kier molecular flexibility index (Phi) is 7.14. The molecule has 0 amide bonds. The van der Waals surface area contributed by atoms with Crippen LogP contribution < -0.4 is 0 Å². The Bertz CT molecular complexity index is 2910. The van der Waals surface area contributed by atoms with Crippen LogP contribution in [0.1, 0.15) is 30.5 Å². The molecule has 0 fully saturated rings. The van der Waals surface area contributed by atoms with Crippen LogP contribution in [-0.2, 0) is 5.41 Å². The second-order valence-electron chi connectivity index (χ2n) is 14.4. The van der Waals surface area contributed by atoms with Gasteiger partial charge in [-0.3, -0.25) is 0 Å². The first-order valence-corrected chi connectivity index (χ1v) is 18.2. The Labute approximate surface area is 313 Å². The lowest BCUT2D eigenvalue weighted by Crippen LogP contribution is -2.14. The van der Waals surface area contributed by atoms with Crippen LogP contribution in [0.4, 0.5) is 0 Å². The van der Waals surface area contributed by atoms with Crippen molar-refractivity contribution >= 4 is 21.8 Å². The van der Waals surface area contributed by atoms with Crippen molar-refractivity contribution in [1.82, 2.24) is 19.5 Å². The molecule has 7 aromatic carbocycles. The molecule has 2 heterocycles. The van der Waals surface area contributed by atoms with Crippen LogP contribution in [0.25, 0.3) is 83.9 Å². The van der Waals surface area contributed by atoms with Crippen molar-refractivity contribution in [1.29, 1.82) is 5.26 Å². The van der Waals surface area contributed by atoms with Crippen LogP contribution >= 0.6 is 0 Å². The van der Waals surface area contributed by atoms with Crippen molar-refractivity contribution in [3.63, 3.8) is 0 Å². The van der Waals surface area contributed by atoms with Crippen LogP contribution in [0.2, 0.25) is 0 Å². The highest BCUT2D eigenvalue weighted by molar-refractivity contribution is 6.15. The number of aromatic nitrogens is 4. The third-order valence-corrected chi connectivity index (χ3v) is 10.9. The zero-order valence-corrected chi connectivity index (χ0v) is 29.8. The number of nitriles is 1. The summed E-state index contributed by atoms with van der Waals surface area (Å²) in [6, 6.07) is 58.9. The van der Waals surface area contributed by atoms with Crippen molar-refractivity contribution in [3.8, 4) is 68.2 Å². The number of rotatable bonds is 5. The van der Waals surface area contributed by atoms with Crippen molar-refractivity contribution in [3.05, 3.63) is 180 Å². The maximum Gasteiger partial charge on any atom is 0.164 e. The predicted octanol–water partition coefficient (Wildman–Crippen LogP) is 11.8. The number of para-hydroxylation sites is 1. The van der Waals surface area contributed by atoms with E-state index in [4.69, 9.17) is 15.0 Å². The minimum Gasteiger partial charge on any atom is -0.309 e. The van der Waals surface area contributed by atoms with E-state index in [9.17, 15) is 5.26 Å². The number of fused-ring (bicyclic) bond motifs is 7. The molecule has 9 aromatic rings. The molecule has 1 aliphatic carbocycles. The molecular weight excluding hydrogens is 659 g/mol.